The summed E-state index contributed by atoms with van der Waals surface area (Å²) >= 11 is 7.32. The van der Waals surface area contributed by atoms with Gasteiger partial charge in [0.15, 0.2) is 0 Å². The van der Waals surface area contributed by atoms with E-state index < -0.39 is 0 Å². The number of nitrogens with one attached hydrogen (secondary N) is 1. The summed E-state index contributed by atoms with van der Waals surface area (Å²) in [4.78, 5) is 11.5. The Morgan fingerprint density at radius 3 is 3.00 bits per heavy atom. The highest BCUT2D eigenvalue weighted by Gasteiger charge is 2.40. The van der Waals surface area contributed by atoms with Gasteiger partial charge in [-0.15, -0.1) is 0 Å². The summed E-state index contributed by atoms with van der Waals surface area (Å²) in [6.45, 7) is 4.14. The highest BCUT2D eigenvalue weighted by Crippen LogP contribution is 2.41. The number of rotatable bonds is 1. The quantitative estimate of drug-likeness (QED) is 0.748. The number of hydrazone groups is 1. The first-order chi connectivity index (χ1) is 6.59. The fourth-order valence-corrected chi connectivity index (χ4v) is 3.11. The van der Waals surface area contributed by atoms with Crippen LogP contribution < -0.4 is 5.43 Å². The molecule has 2 heterocycles. The predicted octanol–water partition coefficient (Wildman–Crippen LogP) is 1.94. The predicted molar refractivity (Wildman–Crippen MR) is 59.2 cm³/mol. The van der Waals surface area contributed by atoms with Crippen molar-refractivity contribution in [3.8, 4) is 0 Å². The molecule has 2 aliphatic heterocycles. The van der Waals surface area contributed by atoms with Crippen LogP contribution in [0, 0.1) is 11.8 Å². The van der Waals surface area contributed by atoms with Crippen LogP contribution in [0.3, 0.4) is 0 Å². The van der Waals surface area contributed by atoms with Crippen molar-refractivity contribution >= 4 is 35.0 Å². The van der Waals surface area contributed by atoms with Gasteiger partial charge in [-0.2, -0.15) is 5.10 Å². The Morgan fingerprint density at radius 1 is 1.64 bits per heavy atom. The molecule has 1 amide bonds. The number of fused-ring (bicyclic) bond motifs is 1. The van der Waals surface area contributed by atoms with Gasteiger partial charge in [-0.3, -0.25) is 4.79 Å². The molecule has 0 aliphatic carbocycles. The van der Waals surface area contributed by atoms with E-state index in [1.54, 1.807) is 0 Å². The smallest absolute Gasteiger partial charge is 0.254 e. The molecule has 0 aromatic rings. The lowest BCUT2D eigenvalue weighted by Crippen LogP contribution is -2.43. The number of hydrogen-bond acceptors (Lipinski definition) is 3. The van der Waals surface area contributed by atoms with Crippen molar-refractivity contribution in [1.82, 2.24) is 5.43 Å². The summed E-state index contributed by atoms with van der Waals surface area (Å²) in [5, 5.41) is 3.97. The van der Waals surface area contributed by atoms with E-state index in [0.717, 1.165) is 5.71 Å². The number of thioether (sulfide) groups is 1. The Hall–Kier alpha value is -0.480. The van der Waals surface area contributed by atoms with Gasteiger partial charge >= 0.3 is 0 Å². The van der Waals surface area contributed by atoms with Crippen LogP contribution in [0.1, 0.15) is 13.8 Å². The second kappa shape index (κ2) is 3.59. The molecule has 5 heteroatoms. The molecule has 0 fully saturated rings. The van der Waals surface area contributed by atoms with Crippen molar-refractivity contribution in [2.75, 3.05) is 0 Å². The lowest BCUT2D eigenvalue weighted by Gasteiger charge is -2.25. The van der Waals surface area contributed by atoms with E-state index in [2.05, 4.69) is 24.4 Å². The second-order valence-electron chi connectivity index (χ2n) is 3.70. The van der Waals surface area contributed by atoms with Gasteiger partial charge in [-0.1, -0.05) is 37.2 Å². The summed E-state index contributed by atoms with van der Waals surface area (Å²) in [6.07, 6.45) is 1.93. The van der Waals surface area contributed by atoms with E-state index in [1.165, 1.54) is 11.8 Å². The van der Waals surface area contributed by atoms with Crippen LogP contribution in [0.2, 0.25) is 0 Å². The molecule has 0 aromatic heterocycles. The fraction of sp³-hybridized carbons (Fsp3) is 0.556. The molecule has 2 unspecified atom stereocenters. The Labute approximate surface area is 92.0 Å². The first kappa shape index (κ1) is 10.1. The van der Waals surface area contributed by atoms with Gasteiger partial charge in [0.25, 0.3) is 5.91 Å². The number of halogens is 1. The second-order valence-corrected chi connectivity index (χ2v) is 5.52. The molecule has 76 valence electrons. The van der Waals surface area contributed by atoms with Crippen molar-refractivity contribution in [3.05, 3.63) is 10.4 Å². The van der Waals surface area contributed by atoms with Crippen molar-refractivity contribution in [2.45, 2.75) is 19.1 Å². The third-order valence-electron chi connectivity index (χ3n) is 2.36. The van der Waals surface area contributed by atoms with Gasteiger partial charge in [-0.25, -0.2) is 5.43 Å². The number of hydrogen-bond donors (Lipinski definition) is 1. The van der Waals surface area contributed by atoms with Crippen molar-refractivity contribution < 1.29 is 4.79 Å². The van der Waals surface area contributed by atoms with Crippen LogP contribution >= 0.6 is 23.4 Å². The zero-order valence-corrected chi connectivity index (χ0v) is 9.52. The van der Waals surface area contributed by atoms with E-state index in [1.807, 2.05) is 6.08 Å². The summed E-state index contributed by atoms with van der Waals surface area (Å²) in [5.74, 6) is 0.375. The zero-order chi connectivity index (χ0) is 10.3. The van der Waals surface area contributed by atoms with Crippen LogP contribution in [0.5, 0.6) is 0 Å². The number of allylic oxidation sites excluding steroid dienone is 1. The normalized spacial score (nSPS) is 31.0. The third-order valence-corrected chi connectivity index (χ3v) is 3.88. The Bertz CT molecular complexity index is 338. The maximum atomic E-state index is 11.5. The maximum absolute atomic E-state index is 11.5. The topological polar surface area (TPSA) is 41.5 Å². The van der Waals surface area contributed by atoms with Gasteiger partial charge in [0.2, 0.25) is 0 Å². The van der Waals surface area contributed by atoms with E-state index >= 15 is 0 Å². The SMILES string of the molecule is CC(C)C1=NNC(=O)C2SC(Cl)=CC12. The minimum Gasteiger partial charge on any atom is -0.272 e. The average Bonchev–Trinajstić information content (AvgIpc) is 2.47. The molecule has 0 aromatic carbocycles. The molecule has 0 saturated carbocycles. The number of amides is 1. The molecule has 1 N–H and O–H groups in total. The highest BCUT2D eigenvalue weighted by molar-refractivity contribution is 8.06. The molecule has 0 spiro atoms. The summed E-state index contributed by atoms with van der Waals surface area (Å²) < 4.78 is 0.699. The van der Waals surface area contributed by atoms with E-state index in [9.17, 15) is 4.79 Å². The lowest BCUT2D eigenvalue weighted by atomic mass is 9.90. The molecule has 2 rings (SSSR count). The van der Waals surface area contributed by atoms with Crippen LogP contribution in [0.25, 0.3) is 0 Å². The van der Waals surface area contributed by atoms with Gasteiger partial charge < -0.3 is 0 Å². The minimum absolute atomic E-state index is 0.0451. The maximum Gasteiger partial charge on any atom is 0.254 e. The van der Waals surface area contributed by atoms with E-state index in [0.29, 0.717) is 10.3 Å². The number of carbonyl (C=O) groups is 1. The molecular formula is C9H11ClN2OS. The summed E-state index contributed by atoms with van der Waals surface area (Å²) in [5.41, 5.74) is 3.55. The standard InChI is InChI=1S/C9H11ClN2OS/c1-4(2)7-5-3-6(10)14-8(5)9(13)12-11-7/h3-5,8H,1-2H3,(H,12,13). The zero-order valence-electron chi connectivity index (χ0n) is 7.95. The third kappa shape index (κ3) is 1.57. The molecule has 3 nitrogen and oxygen atoms in total. The van der Waals surface area contributed by atoms with Crippen LogP contribution in [-0.2, 0) is 4.79 Å². The Kier molecular flexibility index (Phi) is 2.58. The van der Waals surface area contributed by atoms with Crippen LogP contribution in [0.15, 0.2) is 15.5 Å². The number of nitrogens with zero attached hydrogens (tertiary/aromatic N) is 1. The van der Waals surface area contributed by atoms with Crippen LogP contribution in [-0.4, -0.2) is 16.9 Å². The van der Waals surface area contributed by atoms with Gasteiger partial charge in [-0.05, 0) is 12.0 Å². The summed E-state index contributed by atoms with van der Waals surface area (Å²) in [6, 6.07) is 0. The van der Waals surface area contributed by atoms with Crippen molar-refractivity contribution in [2.24, 2.45) is 16.9 Å². The monoisotopic (exact) mass is 230 g/mol. The van der Waals surface area contributed by atoms with Crippen molar-refractivity contribution in [3.63, 3.8) is 0 Å². The van der Waals surface area contributed by atoms with Gasteiger partial charge in [0.1, 0.15) is 5.25 Å². The molecule has 2 atom stereocenters. The Morgan fingerprint density at radius 2 is 2.36 bits per heavy atom. The van der Waals surface area contributed by atoms with Gasteiger partial charge in [0.05, 0.1) is 4.36 Å². The van der Waals surface area contributed by atoms with E-state index in [-0.39, 0.29) is 17.1 Å². The average molecular weight is 231 g/mol. The fourth-order valence-electron chi connectivity index (χ4n) is 1.69. The van der Waals surface area contributed by atoms with Crippen molar-refractivity contribution in [1.29, 1.82) is 0 Å². The molecule has 0 bridgehead atoms. The highest BCUT2D eigenvalue weighted by atomic mass is 35.5. The lowest BCUT2D eigenvalue weighted by molar-refractivity contribution is -0.121. The molecule has 0 saturated heterocycles. The molecule has 14 heavy (non-hydrogen) atoms. The first-order valence-electron chi connectivity index (χ1n) is 4.51. The molecular weight excluding hydrogens is 220 g/mol. The van der Waals surface area contributed by atoms with Gasteiger partial charge in [0, 0.05) is 11.6 Å². The minimum atomic E-state index is -0.114. The Balaban J connectivity index is 2.32. The first-order valence-corrected chi connectivity index (χ1v) is 5.76. The largest absolute Gasteiger partial charge is 0.272 e. The number of carbonyl (C=O) groups excluding carboxylic acids is 1. The molecule has 0 radical (unpaired) electrons. The van der Waals surface area contributed by atoms with E-state index in [4.69, 9.17) is 11.6 Å². The molecule has 2 aliphatic rings. The van der Waals surface area contributed by atoms with Crippen LogP contribution in [0.4, 0.5) is 0 Å². The summed E-state index contributed by atoms with van der Waals surface area (Å²) in [7, 11) is 0.